The zero-order valence-electron chi connectivity index (χ0n) is 9.31. The number of anilines is 1. The Labute approximate surface area is 95.0 Å². The molecule has 0 unspecified atom stereocenters. The maximum Gasteiger partial charge on any atom is 0.335 e. The number of nitrogens with zero attached hydrogens (tertiary/aromatic N) is 1. The van der Waals surface area contributed by atoms with Crippen molar-refractivity contribution < 1.29 is 9.90 Å². The second kappa shape index (κ2) is 4.39. The lowest BCUT2D eigenvalue weighted by Crippen LogP contribution is -2.20. The molecule has 0 bridgehead atoms. The first-order valence-corrected chi connectivity index (χ1v) is 5.44. The number of carboxylic acid groups (broad SMARTS) is 1. The van der Waals surface area contributed by atoms with Crippen LogP contribution in [0.5, 0.6) is 0 Å². The lowest BCUT2D eigenvalue weighted by molar-refractivity contribution is 0.0697. The molecule has 1 aromatic carbocycles. The SMILES string of the molecule is C/C=C/CN1CCc2ccc(C(=O)O)cc21. The first-order valence-electron chi connectivity index (χ1n) is 5.44. The Morgan fingerprint density at radius 2 is 2.38 bits per heavy atom. The smallest absolute Gasteiger partial charge is 0.335 e. The molecule has 0 aliphatic carbocycles. The average molecular weight is 217 g/mol. The Kier molecular flexibility index (Phi) is 2.95. The largest absolute Gasteiger partial charge is 0.478 e. The molecule has 0 saturated carbocycles. The Morgan fingerprint density at radius 1 is 1.56 bits per heavy atom. The summed E-state index contributed by atoms with van der Waals surface area (Å²) >= 11 is 0. The number of benzene rings is 1. The molecule has 0 aromatic heterocycles. The zero-order chi connectivity index (χ0) is 11.5. The molecule has 0 spiro atoms. The third-order valence-corrected chi connectivity index (χ3v) is 2.89. The van der Waals surface area contributed by atoms with Crippen molar-refractivity contribution >= 4 is 11.7 Å². The maximum absolute atomic E-state index is 10.9. The molecule has 0 radical (unpaired) electrons. The molecular formula is C13H15NO2. The average Bonchev–Trinajstić information content (AvgIpc) is 2.68. The van der Waals surface area contributed by atoms with E-state index in [1.807, 2.05) is 19.1 Å². The summed E-state index contributed by atoms with van der Waals surface area (Å²) in [6.45, 7) is 3.82. The second-order valence-corrected chi connectivity index (χ2v) is 3.91. The number of aromatic carboxylic acids is 1. The minimum absolute atomic E-state index is 0.367. The predicted molar refractivity (Wildman–Crippen MR) is 64.1 cm³/mol. The quantitative estimate of drug-likeness (QED) is 0.790. The van der Waals surface area contributed by atoms with Crippen LogP contribution in [0, 0.1) is 0 Å². The van der Waals surface area contributed by atoms with Crippen molar-refractivity contribution in [2.75, 3.05) is 18.0 Å². The van der Waals surface area contributed by atoms with E-state index in [-0.39, 0.29) is 0 Å². The number of hydrogen-bond acceptors (Lipinski definition) is 2. The molecule has 84 valence electrons. The number of carbonyl (C=O) groups is 1. The fourth-order valence-electron chi connectivity index (χ4n) is 2.00. The Hall–Kier alpha value is -1.77. The van der Waals surface area contributed by atoms with Crippen molar-refractivity contribution in [3.05, 3.63) is 41.5 Å². The lowest BCUT2D eigenvalue weighted by Gasteiger charge is -2.17. The van der Waals surface area contributed by atoms with Gasteiger partial charge in [0.1, 0.15) is 0 Å². The van der Waals surface area contributed by atoms with E-state index in [2.05, 4.69) is 11.0 Å². The molecule has 2 rings (SSSR count). The number of carboxylic acids is 1. The highest BCUT2D eigenvalue weighted by Gasteiger charge is 2.19. The van der Waals surface area contributed by atoms with Crippen LogP contribution in [0.25, 0.3) is 0 Å². The van der Waals surface area contributed by atoms with Gasteiger partial charge in [0, 0.05) is 18.8 Å². The van der Waals surface area contributed by atoms with Crippen LogP contribution in [0.2, 0.25) is 0 Å². The summed E-state index contributed by atoms with van der Waals surface area (Å²) in [5.74, 6) is -0.860. The molecular weight excluding hydrogens is 202 g/mol. The number of allylic oxidation sites excluding steroid dienone is 1. The van der Waals surface area contributed by atoms with Crippen LogP contribution in [-0.2, 0) is 6.42 Å². The predicted octanol–water partition coefficient (Wildman–Crippen LogP) is 2.32. The molecule has 0 fully saturated rings. The zero-order valence-corrected chi connectivity index (χ0v) is 9.31. The maximum atomic E-state index is 10.9. The molecule has 1 aromatic rings. The van der Waals surface area contributed by atoms with E-state index in [1.165, 1.54) is 5.56 Å². The van der Waals surface area contributed by atoms with Crippen LogP contribution < -0.4 is 4.90 Å². The summed E-state index contributed by atoms with van der Waals surface area (Å²) in [5.41, 5.74) is 2.68. The standard InChI is InChI=1S/C13H15NO2/c1-2-3-7-14-8-6-10-4-5-11(13(15)16)9-12(10)14/h2-5,9H,6-8H2,1H3,(H,15,16)/b3-2+. The summed E-state index contributed by atoms with van der Waals surface area (Å²) in [6.07, 6.45) is 5.11. The summed E-state index contributed by atoms with van der Waals surface area (Å²) in [7, 11) is 0. The lowest BCUT2D eigenvalue weighted by atomic mass is 10.1. The van der Waals surface area contributed by atoms with Gasteiger partial charge in [-0.2, -0.15) is 0 Å². The van der Waals surface area contributed by atoms with Gasteiger partial charge in [0.25, 0.3) is 0 Å². The van der Waals surface area contributed by atoms with E-state index >= 15 is 0 Å². The van der Waals surface area contributed by atoms with Crippen molar-refractivity contribution in [3.63, 3.8) is 0 Å². The third-order valence-electron chi connectivity index (χ3n) is 2.89. The Bertz CT molecular complexity index is 438. The van der Waals surface area contributed by atoms with E-state index in [4.69, 9.17) is 5.11 Å². The van der Waals surface area contributed by atoms with Crippen molar-refractivity contribution in [1.29, 1.82) is 0 Å². The van der Waals surface area contributed by atoms with Crippen LogP contribution in [0.15, 0.2) is 30.4 Å². The minimum Gasteiger partial charge on any atom is -0.478 e. The topological polar surface area (TPSA) is 40.5 Å². The van der Waals surface area contributed by atoms with Gasteiger partial charge in [-0.1, -0.05) is 18.2 Å². The van der Waals surface area contributed by atoms with Crippen LogP contribution in [0.4, 0.5) is 5.69 Å². The van der Waals surface area contributed by atoms with Gasteiger partial charge in [-0.15, -0.1) is 0 Å². The number of fused-ring (bicyclic) bond motifs is 1. The summed E-state index contributed by atoms with van der Waals surface area (Å²) in [5, 5.41) is 8.95. The van der Waals surface area contributed by atoms with E-state index in [9.17, 15) is 4.79 Å². The van der Waals surface area contributed by atoms with Crippen molar-refractivity contribution in [2.24, 2.45) is 0 Å². The summed E-state index contributed by atoms with van der Waals surface area (Å²) in [4.78, 5) is 13.1. The first-order chi connectivity index (χ1) is 7.72. The van der Waals surface area contributed by atoms with E-state index in [0.29, 0.717) is 5.56 Å². The van der Waals surface area contributed by atoms with Gasteiger partial charge in [0.15, 0.2) is 0 Å². The number of rotatable bonds is 3. The Morgan fingerprint density at radius 3 is 3.06 bits per heavy atom. The molecule has 3 heteroatoms. The van der Waals surface area contributed by atoms with Gasteiger partial charge in [0.05, 0.1) is 5.56 Å². The van der Waals surface area contributed by atoms with E-state index < -0.39 is 5.97 Å². The van der Waals surface area contributed by atoms with Gasteiger partial charge < -0.3 is 10.0 Å². The van der Waals surface area contributed by atoms with Gasteiger partial charge >= 0.3 is 5.97 Å². The summed E-state index contributed by atoms with van der Waals surface area (Å²) in [6, 6.07) is 5.38. The molecule has 16 heavy (non-hydrogen) atoms. The number of hydrogen-bond donors (Lipinski definition) is 1. The normalized spacial score (nSPS) is 14.4. The molecule has 1 aliphatic rings. The van der Waals surface area contributed by atoms with Gasteiger partial charge in [-0.05, 0) is 31.0 Å². The van der Waals surface area contributed by atoms with Gasteiger partial charge in [0.2, 0.25) is 0 Å². The monoisotopic (exact) mass is 217 g/mol. The van der Waals surface area contributed by atoms with Crippen molar-refractivity contribution in [1.82, 2.24) is 0 Å². The minimum atomic E-state index is -0.860. The molecule has 1 heterocycles. The highest BCUT2D eigenvalue weighted by atomic mass is 16.4. The molecule has 1 N–H and O–H groups in total. The second-order valence-electron chi connectivity index (χ2n) is 3.91. The van der Waals surface area contributed by atoms with Crippen molar-refractivity contribution in [2.45, 2.75) is 13.3 Å². The van der Waals surface area contributed by atoms with Crippen LogP contribution in [0.1, 0.15) is 22.8 Å². The molecule has 0 amide bonds. The highest BCUT2D eigenvalue weighted by Crippen LogP contribution is 2.28. The third kappa shape index (κ3) is 1.94. The molecule has 1 aliphatic heterocycles. The van der Waals surface area contributed by atoms with E-state index in [1.54, 1.807) is 12.1 Å². The van der Waals surface area contributed by atoms with Crippen molar-refractivity contribution in [3.8, 4) is 0 Å². The van der Waals surface area contributed by atoms with E-state index in [0.717, 1.165) is 25.2 Å². The van der Waals surface area contributed by atoms with Crippen LogP contribution >= 0.6 is 0 Å². The van der Waals surface area contributed by atoms with Gasteiger partial charge in [-0.3, -0.25) is 0 Å². The highest BCUT2D eigenvalue weighted by molar-refractivity contribution is 5.89. The Balaban J connectivity index is 2.29. The summed E-state index contributed by atoms with van der Waals surface area (Å²) < 4.78 is 0. The van der Waals surface area contributed by atoms with Crippen LogP contribution in [0.3, 0.4) is 0 Å². The molecule has 0 atom stereocenters. The molecule has 3 nitrogen and oxygen atoms in total. The first kappa shape index (κ1) is 10.7. The fraction of sp³-hybridized carbons (Fsp3) is 0.308. The van der Waals surface area contributed by atoms with Crippen LogP contribution in [-0.4, -0.2) is 24.2 Å². The molecule has 0 saturated heterocycles. The van der Waals surface area contributed by atoms with Gasteiger partial charge in [-0.25, -0.2) is 4.79 Å². The fourth-order valence-corrected chi connectivity index (χ4v) is 2.00.